The Morgan fingerprint density at radius 2 is 1.86 bits per heavy atom. The minimum Gasteiger partial charge on any atom is -0.507 e. The fourth-order valence-electron chi connectivity index (χ4n) is 1.45. The fraction of sp³-hybridized carbons (Fsp3) is 0.462. The summed E-state index contributed by atoms with van der Waals surface area (Å²) in [6, 6.07) is 2.89. The molecule has 8 heteroatoms. The van der Waals surface area contributed by atoms with Crippen molar-refractivity contribution in [1.29, 1.82) is 0 Å². The summed E-state index contributed by atoms with van der Waals surface area (Å²) in [6.07, 6.45) is -8.50. The van der Waals surface area contributed by atoms with Gasteiger partial charge in [-0.25, -0.2) is 4.79 Å². The zero-order chi connectivity index (χ0) is 16.4. The van der Waals surface area contributed by atoms with Gasteiger partial charge in [-0.3, -0.25) is 5.32 Å². The van der Waals surface area contributed by atoms with Gasteiger partial charge in [0.1, 0.15) is 11.4 Å². The van der Waals surface area contributed by atoms with Gasteiger partial charge in [0.15, 0.2) is 6.10 Å². The van der Waals surface area contributed by atoms with E-state index in [0.29, 0.717) is 0 Å². The van der Waals surface area contributed by atoms with Crippen LogP contribution in [0, 0.1) is 0 Å². The van der Waals surface area contributed by atoms with Crippen LogP contribution in [-0.4, -0.2) is 28.1 Å². The minimum absolute atomic E-state index is 0.0416. The molecule has 0 spiro atoms. The van der Waals surface area contributed by atoms with Crippen molar-refractivity contribution in [2.24, 2.45) is 0 Å². The number of carbonyl (C=O) groups is 1. The molecule has 21 heavy (non-hydrogen) atoms. The Kier molecular flexibility index (Phi) is 4.72. The van der Waals surface area contributed by atoms with Crippen molar-refractivity contribution >= 4 is 11.8 Å². The van der Waals surface area contributed by atoms with Crippen molar-refractivity contribution < 1.29 is 32.9 Å². The third kappa shape index (κ3) is 5.14. The Morgan fingerprint density at radius 1 is 1.29 bits per heavy atom. The van der Waals surface area contributed by atoms with Gasteiger partial charge in [-0.15, -0.1) is 0 Å². The molecule has 0 heterocycles. The third-order valence-corrected chi connectivity index (χ3v) is 2.28. The first-order chi connectivity index (χ1) is 9.40. The third-order valence-electron chi connectivity index (χ3n) is 2.28. The average molecular weight is 307 g/mol. The zero-order valence-corrected chi connectivity index (χ0v) is 11.7. The van der Waals surface area contributed by atoms with Gasteiger partial charge in [0.25, 0.3) is 0 Å². The van der Waals surface area contributed by atoms with Gasteiger partial charge in [-0.05, 0) is 26.8 Å². The number of alkyl halides is 3. The number of phenols is 1. The lowest BCUT2D eigenvalue weighted by atomic mass is 10.1. The van der Waals surface area contributed by atoms with Crippen LogP contribution in [0.15, 0.2) is 18.2 Å². The molecular formula is C13H16F3NO4. The number of halogens is 3. The van der Waals surface area contributed by atoms with Gasteiger partial charge in [0, 0.05) is 17.3 Å². The van der Waals surface area contributed by atoms with E-state index in [1.54, 1.807) is 20.8 Å². The maximum absolute atomic E-state index is 12.4. The van der Waals surface area contributed by atoms with E-state index in [9.17, 15) is 23.1 Å². The van der Waals surface area contributed by atoms with Crippen LogP contribution in [0.4, 0.5) is 23.7 Å². The summed E-state index contributed by atoms with van der Waals surface area (Å²) < 4.78 is 42.0. The van der Waals surface area contributed by atoms with Gasteiger partial charge in [-0.2, -0.15) is 13.2 Å². The maximum atomic E-state index is 12.4. The number of aliphatic hydroxyl groups is 1. The van der Waals surface area contributed by atoms with E-state index < -0.39 is 35.3 Å². The molecule has 0 aromatic heterocycles. The molecule has 0 fully saturated rings. The fourth-order valence-corrected chi connectivity index (χ4v) is 1.45. The molecule has 0 aliphatic rings. The van der Waals surface area contributed by atoms with Gasteiger partial charge < -0.3 is 14.9 Å². The summed E-state index contributed by atoms with van der Waals surface area (Å²) in [6.45, 7) is 4.94. The number of nitrogens with one attached hydrogen (secondary N) is 1. The van der Waals surface area contributed by atoms with Gasteiger partial charge >= 0.3 is 12.3 Å². The number of aromatic hydroxyl groups is 1. The van der Waals surface area contributed by atoms with Crippen LogP contribution >= 0.6 is 0 Å². The summed E-state index contributed by atoms with van der Waals surface area (Å²) in [7, 11) is 0. The second-order valence-electron chi connectivity index (χ2n) is 5.34. The second kappa shape index (κ2) is 5.80. The largest absolute Gasteiger partial charge is 0.507 e. The van der Waals surface area contributed by atoms with E-state index in [0.717, 1.165) is 18.2 Å². The highest BCUT2D eigenvalue weighted by atomic mass is 19.4. The number of rotatable bonds is 2. The standard InChI is InChI=1S/C13H16F3NO4/c1-12(2,3)21-11(20)17-7-4-5-8(9(18)6-7)10(19)13(14,15)16/h4-6,10,18-19H,1-3H3,(H,17,20)/t10-/m0/s1. The predicted molar refractivity (Wildman–Crippen MR) is 69.0 cm³/mol. The highest BCUT2D eigenvalue weighted by molar-refractivity contribution is 5.85. The first kappa shape index (κ1) is 17.1. The number of hydrogen-bond donors (Lipinski definition) is 3. The number of aliphatic hydroxyl groups excluding tert-OH is 1. The molecule has 3 N–H and O–H groups in total. The molecule has 118 valence electrons. The lowest BCUT2D eigenvalue weighted by Gasteiger charge is -2.20. The number of carbonyl (C=O) groups excluding carboxylic acids is 1. The van der Waals surface area contributed by atoms with Gasteiger partial charge in [0.2, 0.25) is 0 Å². The Hall–Kier alpha value is -1.96. The highest BCUT2D eigenvalue weighted by Crippen LogP contribution is 2.37. The first-order valence-electron chi connectivity index (χ1n) is 5.98. The molecule has 0 aliphatic heterocycles. The molecule has 1 atom stereocenters. The molecule has 0 radical (unpaired) electrons. The molecule has 0 saturated carbocycles. The zero-order valence-electron chi connectivity index (χ0n) is 11.7. The van der Waals surface area contributed by atoms with E-state index in [4.69, 9.17) is 9.84 Å². The maximum Gasteiger partial charge on any atom is 0.418 e. The monoisotopic (exact) mass is 307 g/mol. The molecule has 0 saturated heterocycles. The quantitative estimate of drug-likeness (QED) is 0.783. The lowest BCUT2D eigenvalue weighted by Crippen LogP contribution is -2.27. The number of hydrogen-bond acceptors (Lipinski definition) is 4. The average Bonchev–Trinajstić information content (AvgIpc) is 2.24. The summed E-state index contributed by atoms with van der Waals surface area (Å²) in [4.78, 5) is 11.5. The molecule has 1 aromatic carbocycles. The van der Waals surface area contributed by atoms with Gasteiger partial charge in [0.05, 0.1) is 0 Å². The summed E-state index contributed by atoms with van der Waals surface area (Å²) >= 11 is 0. The topological polar surface area (TPSA) is 78.8 Å². The summed E-state index contributed by atoms with van der Waals surface area (Å²) in [5, 5.41) is 20.8. The lowest BCUT2D eigenvalue weighted by molar-refractivity contribution is -0.207. The van der Waals surface area contributed by atoms with Crippen molar-refractivity contribution in [2.75, 3.05) is 5.32 Å². The molecule has 0 unspecified atom stereocenters. The van der Waals surface area contributed by atoms with Crippen LogP contribution in [0.2, 0.25) is 0 Å². The first-order valence-corrected chi connectivity index (χ1v) is 5.98. The van der Waals surface area contributed by atoms with Crippen LogP contribution in [0.3, 0.4) is 0 Å². The highest BCUT2D eigenvalue weighted by Gasteiger charge is 2.40. The normalized spacial score (nSPS) is 13.7. The molecule has 5 nitrogen and oxygen atoms in total. The smallest absolute Gasteiger partial charge is 0.418 e. The summed E-state index contributed by atoms with van der Waals surface area (Å²) in [5.74, 6) is -0.784. The van der Waals surface area contributed by atoms with E-state index in [-0.39, 0.29) is 5.69 Å². The number of benzene rings is 1. The van der Waals surface area contributed by atoms with Crippen LogP contribution < -0.4 is 5.32 Å². The molecular weight excluding hydrogens is 291 g/mol. The molecule has 0 bridgehead atoms. The Bertz CT molecular complexity index is 523. The second-order valence-corrected chi connectivity index (χ2v) is 5.34. The van der Waals surface area contributed by atoms with E-state index >= 15 is 0 Å². The Morgan fingerprint density at radius 3 is 2.29 bits per heavy atom. The predicted octanol–water partition coefficient (Wildman–Crippen LogP) is 3.33. The minimum atomic E-state index is -4.89. The van der Waals surface area contributed by atoms with Gasteiger partial charge in [-0.1, -0.05) is 6.07 Å². The molecule has 1 amide bonds. The van der Waals surface area contributed by atoms with Crippen LogP contribution in [0.1, 0.15) is 32.4 Å². The van der Waals surface area contributed by atoms with Crippen molar-refractivity contribution in [3.8, 4) is 5.75 Å². The van der Waals surface area contributed by atoms with Crippen LogP contribution in [0.25, 0.3) is 0 Å². The van der Waals surface area contributed by atoms with Crippen molar-refractivity contribution in [1.82, 2.24) is 0 Å². The van der Waals surface area contributed by atoms with Crippen molar-refractivity contribution in [2.45, 2.75) is 38.7 Å². The van der Waals surface area contributed by atoms with Crippen LogP contribution in [0.5, 0.6) is 5.75 Å². The van der Waals surface area contributed by atoms with Crippen molar-refractivity contribution in [3.05, 3.63) is 23.8 Å². The SMILES string of the molecule is CC(C)(C)OC(=O)Nc1ccc([C@H](O)C(F)(F)F)c(O)c1. The van der Waals surface area contributed by atoms with E-state index in [2.05, 4.69) is 5.32 Å². The molecule has 0 aliphatic carbocycles. The van der Waals surface area contributed by atoms with Crippen LogP contribution in [-0.2, 0) is 4.74 Å². The summed E-state index contributed by atoms with van der Waals surface area (Å²) in [5.41, 5.74) is -1.39. The Balaban J connectivity index is 2.86. The molecule has 1 aromatic rings. The van der Waals surface area contributed by atoms with Crippen molar-refractivity contribution in [3.63, 3.8) is 0 Å². The number of ether oxygens (including phenoxy) is 1. The van der Waals surface area contributed by atoms with E-state index in [1.807, 2.05) is 0 Å². The molecule has 1 rings (SSSR count). The number of phenolic OH excluding ortho intramolecular Hbond substituents is 1. The Labute approximate surface area is 119 Å². The number of amides is 1. The number of anilines is 1. The van der Waals surface area contributed by atoms with E-state index in [1.165, 1.54) is 0 Å².